The predicted octanol–water partition coefficient (Wildman–Crippen LogP) is 2.91. The molecule has 10 heteroatoms. The highest BCUT2D eigenvalue weighted by atomic mass is 32.2. The summed E-state index contributed by atoms with van der Waals surface area (Å²) in [5.41, 5.74) is 4.61. The molecule has 0 amide bonds. The van der Waals surface area contributed by atoms with Gasteiger partial charge in [0, 0.05) is 10.9 Å². The summed E-state index contributed by atoms with van der Waals surface area (Å²) in [7, 11) is -9.43. The van der Waals surface area contributed by atoms with E-state index in [1.54, 1.807) is 36.4 Å². The molecule has 142 valence electrons. The van der Waals surface area contributed by atoms with E-state index >= 15 is 0 Å². The molecule has 27 heavy (non-hydrogen) atoms. The summed E-state index contributed by atoms with van der Waals surface area (Å²) < 4.78 is 75.9. The molecule has 0 aromatic heterocycles. The fourth-order valence-electron chi connectivity index (χ4n) is 2.62. The summed E-state index contributed by atoms with van der Waals surface area (Å²) >= 11 is 0. The molecule has 0 saturated heterocycles. The second kappa shape index (κ2) is 6.80. The Balaban J connectivity index is 2.17. The van der Waals surface area contributed by atoms with Crippen molar-refractivity contribution in [3.8, 4) is 5.75 Å². The summed E-state index contributed by atoms with van der Waals surface area (Å²) in [6.45, 7) is -1.23. The van der Waals surface area contributed by atoms with E-state index in [0.717, 1.165) is 6.07 Å². The molecule has 0 heterocycles. The number of anilines is 1. The predicted molar refractivity (Wildman–Crippen MR) is 97.2 cm³/mol. The van der Waals surface area contributed by atoms with Gasteiger partial charge in [0.15, 0.2) is 5.75 Å². The second-order valence-corrected chi connectivity index (χ2v) is 8.53. The van der Waals surface area contributed by atoms with Crippen LogP contribution >= 0.6 is 0 Å². The minimum Gasteiger partial charge on any atom is -0.398 e. The highest BCUT2D eigenvalue weighted by Gasteiger charge is 2.27. The summed E-state index contributed by atoms with van der Waals surface area (Å²) in [5.74, 6) is -0.0110. The van der Waals surface area contributed by atoms with Crippen LogP contribution in [0.25, 0.3) is 10.8 Å². The zero-order valence-corrected chi connectivity index (χ0v) is 15.3. The van der Waals surface area contributed by atoms with E-state index < -0.39 is 42.4 Å². The average molecular weight is 411 g/mol. The van der Waals surface area contributed by atoms with Gasteiger partial charge in [-0.25, -0.2) is 4.39 Å². The maximum Gasteiger partial charge on any atom is 0.339 e. The average Bonchev–Trinajstić information content (AvgIpc) is 2.60. The Hall–Kier alpha value is -2.69. The number of nitrogens with two attached hydrogens (primary N) is 1. The van der Waals surface area contributed by atoms with Gasteiger partial charge in [0.1, 0.15) is 16.5 Å². The Morgan fingerprint density at radius 3 is 2.30 bits per heavy atom. The molecule has 3 aromatic rings. The van der Waals surface area contributed by atoms with Gasteiger partial charge >= 0.3 is 10.1 Å². The molecule has 7 nitrogen and oxygen atoms in total. The van der Waals surface area contributed by atoms with E-state index in [9.17, 15) is 25.8 Å². The molecular weight excluding hydrogens is 397 g/mol. The van der Waals surface area contributed by atoms with Crippen LogP contribution in [0.3, 0.4) is 0 Å². The summed E-state index contributed by atoms with van der Waals surface area (Å²) in [4.78, 5) is -1.58. The SMILES string of the molecule is Nc1cc(CF)c(S(=O)(=O)Oc2cccc3ccccc23)cc1S(=O)(=O)O. The highest BCUT2D eigenvalue weighted by molar-refractivity contribution is 7.87. The normalized spacial score (nSPS) is 12.2. The first-order chi connectivity index (χ1) is 12.6. The van der Waals surface area contributed by atoms with Gasteiger partial charge in [-0.05, 0) is 23.6 Å². The zero-order chi connectivity index (χ0) is 19.8. The number of benzene rings is 3. The Labute approximate surface area is 155 Å². The summed E-state index contributed by atoms with van der Waals surface area (Å²) in [6, 6.07) is 13.0. The second-order valence-electron chi connectivity index (χ2n) is 5.62. The van der Waals surface area contributed by atoms with Gasteiger partial charge in [-0.3, -0.25) is 4.55 Å². The van der Waals surface area contributed by atoms with Crippen molar-refractivity contribution in [1.29, 1.82) is 0 Å². The maximum atomic E-state index is 13.3. The van der Waals surface area contributed by atoms with Gasteiger partial charge < -0.3 is 9.92 Å². The number of nitrogen functional groups attached to an aromatic ring is 1. The zero-order valence-electron chi connectivity index (χ0n) is 13.7. The van der Waals surface area contributed by atoms with Gasteiger partial charge in [-0.1, -0.05) is 36.4 Å². The number of fused-ring (bicyclic) bond motifs is 1. The third-order valence-electron chi connectivity index (χ3n) is 3.83. The standard InChI is InChI=1S/C17H14FNO6S2/c18-10-12-8-14(19)17(26(20,21)22)9-16(12)27(23,24)25-15-7-3-5-11-4-1-2-6-13(11)15/h1-9H,10,19H2,(H,20,21,22). The molecule has 3 N–H and O–H groups in total. The molecular formula is C17H14FNO6S2. The van der Waals surface area contributed by atoms with Crippen LogP contribution in [-0.2, 0) is 26.9 Å². The Bertz CT molecular complexity index is 1230. The molecule has 0 atom stereocenters. The quantitative estimate of drug-likeness (QED) is 0.376. The van der Waals surface area contributed by atoms with Crippen molar-refractivity contribution in [2.75, 3.05) is 5.73 Å². The van der Waals surface area contributed by atoms with Crippen molar-refractivity contribution >= 4 is 36.7 Å². The molecule has 0 bridgehead atoms. The fraction of sp³-hybridized carbons (Fsp3) is 0.0588. The van der Waals surface area contributed by atoms with Gasteiger partial charge in [0.2, 0.25) is 0 Å². The monoisotopic (exact) mass is 411 g/mol. The van der Waals surface area contributed by atoms with Crippen LogP contribution in [0.1, 0.15) is 5.56 Å². The highest BCUT2D eigenvalue weighted by Crippen LogP contribution is 2.32. The van der Waals surface area contributed by atoms with Gasteiger partial charge in [-0.15, -0.1) is 0 Å². The molecule has 0 radical (unpaired) electrons. The lowest BCUT2D eigenvalue weighted by Gasteiger charge is -2.13. The van der Waals surface area contributed by atoms with Crippen molar-refractivity contribution in [2.24, 2.45) is 0 Å². The molecule has 0 aliphatic carbocycles. The number of rotatable bonds is 5. The Morgan fingerprint density at radius 1 is 0.963 bits per heavy atom. The van der Waals surface area contributed by atoms with Crippen LogP contribution in [0, 0.1) is 0 Å². The molecule has 3 rings (SSSR count). The molecule has 0 fully saturated rings. The van der Waals surface area contributed by atoms with Gasteiger partial charge in [-0.2, -0.15) is 16.8 Å². The fourth-order valence-corrected chi connectivity index (χ4v) is 4.48. The Morgan fingerprint density at radius 2 is 1.63 bits per heavy atom. The van der Waals surface area contributed by atoms with Crippen molar-refractivity contribution in [3.05, 3.63) is 60.2 Å². The lowest BCUT2D eigenvalue weighted by atomic mass is 10.1. The molecule has 0 aliphatic heterocycles. The van der Waals surface area contributed by atoms with Crippen LogP contribution in [0.4, 0.5) is 10.1 Å². The van der Waals surface area contributed by atoms with Crippen LogP contribution < -0.4 is 9.92 Å². The first-order valence-corrected chi connectivity index (χ1v) is 10.4. The lowest BCUT2D eigenvalue weighted by Crippen LogP contribution is -2.14. The minimum absolute atomic E-state index is 0.0110. The van der Waals surface area contributed by atoms with E-state index in [2.05, 4.69) is 0 Å². The van der Waals surface area contributed by atoms with E-state index in [-0.39, 0.29) is 11.3 Å². The topological polar surface area (TPSA) is 124 Å². The number of hydrogen-bond donors (Lipinski definition) is 2. The molecule has 0 spiro atoms. The summed E-state index contributed by atoms with van der Waals surface area (Å²) in [6.07, 6.45) is 0. The molecule has 0 unspecified atom stereocenters. The van der Waals surface area contributed by atoms with E-state index in [1.165, 1.54) is 6.07 Å². The lowest BCUT2D eigenvalue weighted by molar-refractivity contribution is 0.463. The maximum absolute atomic E-state index is 13.3. The van der Waals surface area contributed by atoms with Crippen LogP contribution in [0.5, 0.6) is 5.75 Å². The summed E-state index contributed by atoms with van der Waals surface area (Å²) in [5, 5.41) is 1.21. The number of halogens is 1. The largest absolute Gasteiger partial charge is 0.398 e. The third kappa shape index (κ3) is 3.72. The van der Waals surface area contributed by atoms with Crippen LogP contribution in [-0.4, -0.2) is 21.4 Å². The van der Waals surface area contributed by atoms with E-state index in [0.29, 0.717) is 16.8 Å². The first-order valence-electron chi connectivity index (χ1n) is 7.51. The van der Waals surface area contributed by atoms with Crippen molar-refractivity contribution < 1.29 is 30.0 Å². The van der Waals surface area contributed by atoms with Crippen LogP contribution in [0.15, 0.2) is 64.4 Å². The number of alkyl halides is 1. The molecule has 0 saturated carbocycles. The van der Waals surface area contributed by atoms with E-state index in [4.69, 9.17) is 9.92 Å². The first kappa shape index (κ1) is 19.1. The van der Waals surface area contributed by atoms with Gasteiger partial charge in [0.05, 0.1) is 5.69 Å². The Kier molecular flexibility index (Phi) is 4.81. The van der Waals surface area contributed by atoms with Crippen molar-refractivity contribution in [3.63, 3.8) is 0 Å². The molecule has 0 aliphatic rings. The number of hydrogen-bond acceptors (Lipinski definition) is 6. The molecule has 3 aromatic carbocycles. The minimum atomic E-state index is -4.82. The van der Waals surface area contributed by atoms with E-state index in [1.807, 2.05) is 0 Å². The van der Waals surface area contributed by atoms with Crippen molar-refractivity contribution in [2.45, 2.75) is 16.5 Å². The van der Waals surface area contributed by atoms with Crippen molar-refractivity contribution in [1.82, 2.24) is 0 Å². The smallest absolute Gasteiger partial charge is 0.339 e. The third-order valence-corrected chi connectivity index (χ3v) is 6.06. The van der Waals surface area contributed by atoms with Crippen LogP contribution in [0.2, 0.25) is 0 Å². The van der Waals surface area contributed by atoms with Gasteiger partial charge in [0.25, 0.3) is 10.1 Å².